The predicted molar refractivity (Wildman–Crippen MR) is 115 cm³/mol. The standard InChI is InChI=1S/C23H22F4N4O4/c24-21(25)34-17-6-5-13(11-18(17)35-22(26)27)23(12-28)9-7-14(8-10-23)30-19(32)15-3-1-2-4-16(15)20(33)31-29/h1-6,11,14,21-22H,7-10,29H2,(H,30,32)(H,31,33). The molecule has 0 bridgehead atoms. The van der Waals surface area contributed by atoms with Crippen molar-refractivity contribution in [2.75, 3.05) is 0 Å². The van der Waals surface area contributed by atoms with E-state index in [0.717, 1.165) is 12.1 Å². The number of nitrogen functional groups attached to an aromatic ring is 1. The summed E-state index contributed by atoms with van der Waals surface area (Å²) in [4.78, 5) is 24.7. The van der Waals surface area contributed by atoms with Crippen molar-refractivity contribution in [1.29, 1.82) is 5.26 Å². The van der Waals surface area contributed by atoms with Crippen LogP contribution in [0.25, 0.3) is 0 Å². The fourth-order valence-corrected chi connectivity index (χ4v) is 4.13. The Hall–Kier alpha value is -3.85. The van der Waals surface area contributed by atoms with E-state index in [9.17, 15) is 32.4 Å². The first-order chi connectivity index (χ1) is 16.7. The molecule has 0 saturated heterocycles. The van der Waals surface area contributed by atoms with E-state index in [1.807, 2.05) is 5.43 Å². The van der Waals surface area contributed by atoms with Gasteiger partial charge in [-0.2, -0.15) is 22.8 Å². The van der Waals surface area contributed by atoms with E-state index >= 15 is 0 Å². The molecular formula is C23H22F4N4O4. The van der Waals surface area contributed by atoms with Gasteiger partial charge in [0.05, 0.1) is 22.6 Å². The van der Waals surface area contributed by atoms with Crippen molar-refractivity contribution < 1.29 is 36.6 Å². The highest BCUT2D eigenvalue weighted by atomic mass is 19.3. The Kier molecular flexibility index (Phi) is 8.14. The Morgan fingerprint density at radius 1 is 0.971 bits per heavy atom. The van der Waals surface area contributed by atoms with Gasteiger partial charge in [0.15, 0.2) is 11.5 Å². The second-order valence-corrected chi connectivity index (χ2v) is 7.88. The fraction of sp³-hybridized carbons (Fsp3) is 0.348. The molecule has 0 heterocycles. The van der Waals surface area contributed by atoms with Crippen molar-refractivity contribution in [2.45, 2.75) is 50.4 Å². The molecule has 0 aromatic heterocycles. The number of amides is 2. The number of nitrogens with one attached hydrogen (secondary N) is 2. The maximum atomic E-state index is 12.8. The lowest BCUT2D eigenvalue weighted by Gasteiger charge is -2.36. The molecule has 12 heteroatoms. The molecule has 1 fully saturated rings. The highest BCUT2D eigenvalue weighted by Gasteiger charge is 2.38. The molecule has 1 aliphatic rings. The number of carbonyl (C=O) groups excluding carboxylic acids is 2. The number of hydrazine groups is 1. The van der Waals surface area contributed by atoms with Crippen molar-refractivity contribution in [1.82, 2.24) is 10.7 Å². The van der Waals surface area contributed by atoms with Crippen molar-refractivity contribution in [2.24, 2.45) is 5.84 Å². The topological polar surface area (TPSA) is 126 Å². The molecule has 186 valence electrons. The van der Waals surface area contributed by atoms with Crippen LogP contribution in [0.3, 0.4) is 0 Å². The van der Waals surface area contributed by atoms with Gasteiger partial charge in [-0.15, -0.1) is 0 Å². The number of carbonyl (C=O) groups is 2. The highest BCUT2D eigenvalue weighted by molar-refractivity contribution is 6.07. The Labute approximate surface area is 198 Å². The van der Waals surface area contributed by atoms with Crippen LogP contribution in [0.2, 0.25) is 0 Å². The van der Waals surface area contributed by atoms with Crippen LogP contribution in [0.4, 0.5) is 17.6 Å². The smallest absolute Gasteiger partial charge is 0.387 e. The molecular weight excluding hydrogens is 472 g/mol. The summed E-state index contributed by atoms with van der Waals surface area (Å²) >= 11 is 0. The van der Waals surface area contributed by atoms with Crippen LogP contribution in [-0.2, 0) is 5.41 Å². The Morgan fingerprint density at radius 2 is 1.54 bits per heavy atom. The minimum Gasteiger partial charge on any atom is -0.431 e. The van der Waals surface area contributed by atoms with Gasteiger partial charge in [0.2, 0.25) is 0 Å². The van der Waals surface area contributed by atoms with Crippen molar-refractivity contribution in [3.05, 3.63) is 59.2 Å². The van der Waals surface area contributed by atoms with Crippen LogP contribution >= 0.6 is 0 Å². The van der Waals surface area contributed by atoms with E-state index in [1.165, 1.54) is 18.2 Å². The van der Waals surface area contributed by atoms with Crippen LogP contribution in [0.5, 0.6) is 11.5 Å². The first-order valence-corrected chi connectivity index (χ1v) is 10.6. The van der Waals surface area contributed by atoms with Gasteiger partial charge in [0, 0.05) is 6.04 Å². The summed E-state index contributed by atoms with van der Waals surface area (Å²) in [6.07, 6.45) is 1.24. The fourth-order valence-electron chi connectivity index (χ4n) is 4.13. The molecule has 0 aliphatic heterocycles. The van der Waals surface area contributed by atoms with Gasteiger partial charge in [-0.25, -0.2) is 5.84 Å². The third-order valence-electron chi connectivity index (χ3n) is 5.86. The zero-order valence-electron chi connectivity index (χ0n) is 18.3. The minimum atomic E-state index is -3.28. The number of ether oxygens (including phenoxy) is 2. The Bertz CT molecular complexity index is 1110. The molecule has 1 saturated carbocycles. The van der Waals surface area contributed by atoms with Gasteiger partial charge in [-0.3, -0.25) is 15.0 Å². The number of halogens is 4. The van der Waals surface area contributed by atoms with Gasteiger partial charge >= 0.3 is 13.2 Å². The lowest BCUT2D eigenvalue weighted by molar-refractivity contribution is -0.0693. The van der Waals surface area contributed by atoms with Crippen LogP contribution < -0.4 is 26.1 Å². The van der Waals surface area contributed by atoms with Crippen LogP contribution in [0, 0.1) is 11.3 Å². The first-order valence-electron chi connectivity index (χ1n) is 10.6. The lowest BCUT2D eigenvalue weighted by atomic mass is 9.69. The summed E-state index contributed by atoms with van der Waals surface area (Å²) in [7, 11) is 0. The van der Waals surface area contributed by atoms with Crippen molar-refractivity contribution in [3.63, 3.8) is 0 Å². The molecule has 1 aliphatic carbocycles. The highest BCUT2D eigenvalue weighted by Crippen LogP contribution is 2.42. The molecule has 0 radical (unpaired) electrons. The number of rotatable bonds is 8. The van der Waals surface area contributed by atoms with E-state index in [4.69, 9.17) is 5.84 Å². The summed E-state index contributed by atoms with van der Waals surface area (Å²) in [6, 6.07) is 11.5. The maximum absolute atomic E-state index is 12.8. The van der Waals surface area contributed by atoms with Gasteiger partial charge in [-0.1, -0.05) is 18.2 Å². The van der Waals surface area contributed by atoms with E-state index in [2.05, 4.69) is 20.9 Å². The molecule has 2 aromatic rings. The quantitative estimate of drug-likeness (QED) is 0.223. The average Bonchev–Trinajstić information content (AvgIpc) is 2.84. The SMILES string of the molecule is N#CC1(c2ccc(OC(F)F)c(OC(F)F)c2)CCC(NC(=O)c2ccccc2C(=O)NN)CC1. The number of nitrogens with two attached hydrogens (primary N) is 1. The molecule has 2 aromatic carbocycles. The zero-order chi connectivity index (χ0) is 25.6. The Balaban J connectivity index is 1.75. The predicted octanol–water partition coefficient (Wildman–Crippen LogP) is 3.63. The first kappa shape index (κ1) is 25.8. The molecule has 0 unspecified atom stereocenters. The molecule has 2 amide bonds. The number of nitriles is 1. The largest absolute Gasteiger partial charge is 0.431 e. The van der Waals surface area contributed by atoms with E-state index < -0.39 is 42.0 Å². The van der Waals surface area contributed by atoms with Gasteiger partial charge in [0.25, 0.3) is 11.8 Å². The van der Waals surface area contributed by atoms with Crippen LogP contribution in [-0.4, -0.2) is 31.1 Å². The van der Waals surface area contributed by atoms with Gasteiger partial charge < -0.3 is 14.8 Å². The number of alkyl halides is 4. The summed E-state index contributed by atoms with van der Waals surface area (Å²) in [5, 5.41) is 12.8. The number of benzene rings is 2. The average molecular weight is 494 g/mol. The van der Waals surface area contributed by atoms with Gasteiger partial charge in [0.1, 0.15) is 0 Å². The third-order valence-corrected chi connectivity index (χ3v) is 5.86. The van der Waals surface area contributed by atoms with Crippen LogP contribution in [0.1, 0.15) is 52.0 Å². The van der Waals surface area contributed by atoms with Gasteiger partial charge in [-0.05, 0) is 55.5 Å². The van der Waals surface area contributed by atoms with E-state index in [1.54, 1.807) is 12.1 Å². The second-order valence-electron chi connectivity index (χ2n) is 7.88. The molecule has 4 N–H and O–H groups in total. The second kappa shape index (κ2) is 11.1. The van der Waals surface area contributed by atoms with Crippen molar-refractivity contribution >= 4 is 11.8 Å². The molecule has 35 heavy (non-hydrogen) atoms. The third kappa shape index (κ3) is 5.99. The number of nitrogens with zero attached hydrogens (tertiary/aromatic N) is 1. The van der Waals surface area contributed by atoms with E-state index in [0.29, 0.717) is 18.4 Å². The molecule has 0 atom stereocenters. The number of hydrogen-bond acceptors (Lipinski definition) is 6. The summed E-state index contributed by atoms with van der Waals surface area (Å²) < 4.78 is 59.4. The van der Waals surface area contributed by atoms with Crippen molar-refractivity contribution in [3.8, 4) is 17.6 Å². The monoisotopic (exact) mass is 494 g/mol. The number of hydrogen-bond donors (Lipinski definition) is 3. The summed E-state index contributed by atoms with van der Waals surface area (Å²) in [5.41, 5.74) is 1.43. The molecule has 0 spiro atoms. The minimum absolute atomic E-state index is 0.104. The van der Waals surface area contributed by atoms with E-state index in [-0.39, 0.29) is 30.0 Å². The molecule has 3 rings (SSSR count). The zero-order valence-corrected chi connectivity index (χ0v) is 18.3. The molecule has 8 nitrogen and oxygen atoms in total. The maximum Gasteiger partial charge on any atom is 0.387 e. The summed E-state index contributed by atoms with van der Waals surface area (Å²) in [5.74, 6) is 2.89. The van der Waals surface area contributed by atoms with Crippen LogP contribution in [0.15, 0.2) is 42.5 Å². The lowest BCUT2D eigenvalue weighted by Crippen LogP contribution is -2.42. The summed E-state index contributed by atoms with van der Waals surface area (Å²) in [6.45, 7) is -6.52. The normalized spacial score (nSPS) is 19.7. The Morgan fingerprint density at radius 3 is 2.09 bits per heavy atom.